The summed E-state index contributed by atoms with van der Waals surface area (Å²) in [5.74, 6) is -1.26. The summed E-state index contributed by atoms with van der Waals surface area (Å²) in [6, 6.07) is 3.28. The van der Waals surface area contributed by atoms with E-state index in [4.69, 9.17) is 0 Å². The SMILES string of the molecule is O=C(CSc1ccc(F)cc1F)NCCCN1CCCC1=O. The van der Waals surface area contributed by atoms with Crippen molar-refractivity contribution in [2.24, 2.45) is 0 Å². The lowest BCUT2D eigenvalue weighted by molar-refractivity contribution is -0.127. The zero-order chi connectivity index (χ0) is 15.9. The number of halogens is 2. The summed E-state index contributed by atoms with van der Waals surface area (Å²) >= 11 is 1.03. The predicted octanol–water partition coefficient (Wildman–Crippen LogP) is 2.19. The van der Waals surface area contributed by atoms with E-state index in [-0.39, 0.29) is 22.5 Å². The molecule has 1 aliphatic heterocycles. The number of nitrogens with zero attached hydrogens (tertiary/aromatic N) is 1. The minimum Gasteiger partial charge on any atom is -0.355 e. The molecule has 0 aliphatic carbocycles. The van der Waals surface area contributed by atoms with Crippen molar-refractivity contribution in [3.63, 3.8) is 0 Å². The average molecular weight is 328 g/mol. The smallest absolute Gasteiger partial charge is 0.230 e. The van der Waals surface area contributed by atoms with Gasteiger partial charge in [0.15, 0.2) is 0 Å². The van der Waals surface area contributed by atoms with E-state index in [1.54, 1.807) is 4.90 Å². The van der Waals surface area contributed by atoms with E-state index in [0.717, 1.165) is 36.9 Å². The van der Waals surface area contributed by atoms with Gasteiger partial charge in [0.05, 0.1) is 5.75 Å². The molecule has 2 amide bonds. The molecule has 0 saturated carbocycles. The third-order valence-corrected chi connectivity index (χ3v) is 4.40. The van der Waals surface area contributed by atoms with Gasteiger partial charge in [-0.1, -0.05) is 0 Å². The zero-order valence-electron chi connectivity index (χ0n) is 12.1. The molecule has 1 aromatic carbocycles. The molecule has 1 N–H and O–H groups in total. The molecule has 0 aromatic heterocycles. The van der Waals surface area contributed by atoms with Gasteiger partial charge in [-0.05, 0) is 25.0 Å². The second-order valence-corrected chi connectivity index (χ2v) is 6.07. The van der Waals surface area contributed by atoms with Crippen molar-refractivity contribution in [3.8, 4) is 0 Å². The van der Waals surface area contributed by atoms with Crippen LogP contribution in [0, 0.1) is 11.6 Å². The maximum absolute atomic E-state index is 13.4. The van der Waals surface area contributed by atoms with Crippen molar-refractivity contribution in [2.75, 3.05) is 25.4 Å². The van der Waals surface area contributed by atoms with Gasteiger partial charge in [-0.2, -0.15) is 0 Å². The molecule has 1 saturated heterocycles. The fourth-order valence-electron chi connectivity index (χ4n) is 2.22. The Labute approximate surface area is 132 Å². The van der Waals surface area contributed by atoms with Crippen LogP contribution in [0.15, 0.2) is 23.1 Å². The van der Waals surface area contributed by atoms with Crippen molar-refractivity contribution in [3.05, 3.63) is 29.8 Å². The highest BCUT2D eigenvalue weighted by atomic mass is 32.2. The summed E-state index contributed by atoms with van der Waals surface area (Å²) in [4.78, 5) is 25.1. The lowest BCUT2D eigenvalue weighted by Crippen LogP contribution is -2.31. The van der Waals surface area contributed by atoms with Crippen molar-refractivity contribution in [1.29, 1.82) is 0 Å². The maximum atomic E-state index is 13.4. The minimum atomic E-state index is -0.662. The number of benzene rings is 1. The van der Waals surface area contributed by atoms with Crippen LogP contribution in [0.1, 0.15) is 19.3 Å². The van der Waals surface area contributed by atoms with Crippen LogP contribution in [0.5, 0.6) is 0 Å². The Bertz CT molecular complexity index is 554. The van der Waals surface area contributed by atoms with Crippen LogP contribution in [0.3, 0.4) is 0 Å². The number of thioether (sulfide) groups is 1. The first-order chi connectivity index (χ1) is 10.6. The highest BCUT2D eigenvalue weighted by Crippen LogP contribution is 2.21. The molecule has 0 unspecified atom stereocenters. The molecular weight excluding hydrogens is 310 g/mol. The number of nitrogens with one attached hydrogen (secondary N) is 1. The first kappa shape index (κ1) is 16.7. The predicted molar refractivity (Wildman–Crippen MR) is 80.5 cm³/mol. The van der Waals surface area contributed by atoms with Gasteiger partial charge in [-0.3, -0.25) is 9.59 Å². The van der Waals surface area contributed by atoms with Gasteiger partial charge >= 0.3 is 0 Å². The van der Waals surface area contributed by atoms with Gasteiger partial charge in [0.25, 0.3) is 0 Å². The fourth-order valence-corrected chi connectivity index (χ4v) is 2.97. The lowest BCUT2D eigenvalue weighted by Gasteiger charge is -2.15. The first-order valence-corrected chi connectivity index (χ1v) is 8.17. The average Bonchev–Trinajstić information content (AvgIpc) is 2.88. The van der Waals surface area contributed by atoms with Crippen LogP contribution in [-0.2, 0) is 9.59 Å². The summed E-state index contributed by atoms with van der Waals surface area (Å²) in [7, 11) is 0. The van der Waals surface area contributed by atoms with E-state index in [0.29, 0.717) is 25.9 Å². The molecule has 0 radical (unpaired) electrons. The van der Waals surface area contributed by atoms with E-state index in [2.05, 4.69) is 5.32 Å². The molecular formula is C15H18F2N2O2S. The quantitative estimate of drug-likeness (QED) is 0.616. The molecule has 0 atom stereocenters. The second-order valence-electron chi connectivity index (χ2n) is 5.05. The number of likely N-dealkylation sites (tertiary alicyclic amines) is 1. The fraction of sp³-hybridized carbons (Fsp3) is 0.467. The molecule has 1 aliphatic rings. The van der Waals surface area contributed by atoms with Gasteiger partial charge in [0, 0.05) is 37.0 Å². The molecule has 4 nitrogen and oxygen atoms in total. The Hall–Kier alpha value is -1.63. The monoisotopic (exact) mass is 328 g/mol. The zero-order valence-corrected chi connectivity index (χ0v) is 12.9. The van der Waals surface area contributed by atoms with Crippen LogP contribution in [0.25, 0.3) is 0 Å². The highest BCUT2D eigenvalue weighted by Gasteiger charge is 2.19. The summed E-state index contributed by atoms with van der Waals surface area (Å²) in [6.45, 7) is 1.93. The summed E-state index contributed by atoms with van der Waals surface area (Å²) in [5, 5.41) is 2.73. The molecule has 22 heavy (non-hydrogen) atoms. The molecule has 0 spiro atoms. The van der Waals surface area contributed by atoms with Crippen molar-refractivity contribution in [1.82, 2.24) is 10.2 Å². The number of hydrogen-bond acceptors (Lipinski definition) is 3. The van der Waals surface area contributed by atoms with E-state index < -0.39 is 11.6 Å². The Balaban J connectivity index is 1.62. The van der Waals surface area contributed by atoms with Gasteiger partial charge in [-0.25, -0.2) is 8.78 Å². The topological polar surface area (TPSA) is 49.4 Å². The van der Waals surface area contributed by atoms with E-state index in [1.807, 2.05) is 0 Å². The second kappa shape index (κ2) is 8.12. The lowest BCUT2D eigenvalue weighted by atomic mass is 10.3. The Morgan fingerprint density at radius 3 is 2.86 bits per heavy atom. The first-order valence-electron chi connectivity index (χ1n) is 7.18. The number of hydrogen-bond donors (Lipinski definition) is 1. The molecule has 1 aromatic rings. The Kier molecular flexibility index (Phi) is 6.18. The Morgan fingerprint density at radius 1 is 1.36 bits per heavy atom. The van der Waals surface area contributed by atoms with Gasteiger partial charge < -0.3 is 10.2 Å². The molecule has 1 heterocycles. The van der Waals surface area contributed by atoms with Crippen molar-refractivity contribution >= 4 is 23.6 Å². The number of carbonyl (C=O) groups is 2. The van der Waals surface area contributed by atoms with Crippen molar-refractivity contribution in [2.45, 2.75) is 24.2 Å². The van der Waals surface area contributed by atoms with Crippen molar-refractivity contribution < 1.29 is 18.4 Å². The van der Waals surface area contributed by atoms with Crippen LogP contribution in [0.2, 0.25) is 0 Å². The molecule has 2 rings (SSSR count). The summed E-state index contributed by atoms with van der Waals surface area (Å²) < 4.78 is 26.1. The van der Waals surface area contributed by atoms with Crippen LogP contribution >= 0.6 is 11.8 Å². The van der Waals surface area contributed by atoms with Gasteiger partial charge in [0.1, 0.15) is 11.6 Å². The van der Waals surface area contributed by atoms with Crippen LogP contribution in [0.4, 0.5) is 8.78 Å². The molecule has 0 bridgehead atoms. The molecule has 1 fully saturated rings. The number of carbonyl (C=O) groups excluding carboxylic acids is 2. The summed E-state index contributed by atoms with van der Waals surface area (Å²) in [6.07, 6.45) is 2.23. The van der Waals surface area contributed by atoms with Crippen LogP contribution in [-0.4, -0.2) is 42.1 Å². The van der Waals surface area contributed by atoms with Gasteiger partial charge in [-0.15, -0.1) is 11.8 Å². The van der Waals surface area contributed by atoms with E-state index in [9.17, 15) is 18.4 Å². The molecule has 120 valence electrons. The Morgan fingerprint density at radius 2 is 2.18 bits per heavy atom. The maximum Gasteiger partial charge on any atom is 0.230 e. The van der Waals surface area contributed by atoms with E-state index >= 15 is 0 Å². The largest absolute Gasteiger partial charge is 0.355 e. The van der Waals surface area contributed by atoms with E-state index in [1.165, 1.54) is 6.07 Å². The van der Waals surface area contributed by atoms with Gasteiger partial charge in [0.2, 0.25) is 11.8 Å². The highest BCUT2D eigenvalue weighted by molar-refractivity contribution is 8.00. The number of rotatable bonds is 7. The normalized spacial score (nSPS) is 14.5. The minimum absolute atomic E-state index is 0.0746. The number of amides is 2. The third-order valence-electron chi connectivity index (χ3n) is 3.35. The molecule has 7 heteroatoms. The van der Waals surface area contributed by atoms with Crippen LogP contribution < -0.4 is 5.32 Å². The standard InChI is InChI=1S/C15H18F2N2O2S/c16-11-4-5-13(12(17)9-11)22-10-14(20)18-6-2-8-19-7-1-3-15(19)21/h4-5,9H,1-3,6-8,10H2,(H,18,20). The third kappa shape index (κ3) is 4.98. The summed E-state index contributed by atoms with van der Waals surface area (Å²) in [5.41, 5.74) is 0.